The fraction of sp³-hybridized carbons (Fsp3) is 0.571. The molecular formula is C14H20ClN3O2. The molecule has 0 bridgehead atoms. The normalized spacial score (nSPS) is 18.9. The third kappa shape index (κ3) is 3.84. The molecule has 1 N–H and O–H groups in total. The van der Waals surface area contributed by atoms with Crippen molar-refractivity contribution in [3.8, 4) is 0 Å². The number of rotatable bonds is 5. The highest BCUT2D eigenvalue weighted by atomic mass is 35.5. The fourth-order valence-corrected chi connectivity index (χ4v) is 2.37. The van der Waals surface area contributed by atoms with E-state index < -0.39 is 0 Å². The van der Waals surface area contributed by atoms with Gasteiger partial charge >= 0.3 is 5.97 Å². The van der Waals surface area contributed by atoms with Gasteiger partial charge in [-0.05, 0) is 18.6 Å². The van der Waals surface area contributed by atoms with Crippen molar-refractivity contribution in [3.05, 3.63) is 23.9 Å². The van der Waals surface area contributed by atoms with Crippen molar-refractivity contribution in [2.45, 2.75) is 25.3 Å². The molecule has 20 heavy (non-hydrogen) atoms. The molecule has 0 saturated carbocycles. The molecule has 1 aromatic rings. The number of nitrogens with zero attached hydrogens (tertiary/aromatic N) is 2. The van der Waals surface area contributed by atoms with Crippen molar-refractivity contribution < 1.29 is 9.53 Å². The molecule has 1 fully saturated rings. The molecule has 1 saturated heterocycles. The van der Waals surface area contributed by atoms with E-state index in [1.165, 1.54) is 0 Å². The van der Waals surface area contributed by atoms with Gasteiger partial charge in [-0.25, -0.2) is 9.78 Å². The highest BCUT2D eigenvalue weighted by Crippen LogP contribution is 2.20. The Morgan fingerprint density at radius 2 is 2.50 bits per heavy atom. The van der Waals surface area contributed by atoms with Crippen LogP contribution in [0.25, 0.3) is 0 Å². The van der Waals surface area contributed by atoms with Gasteiger partial charge in [0.2, 0.25) is 0 Å². The first-order chi connectivity index (χ1) is 9.72. The Labute approximate surface area is 124 Å². The quantitative estimate of drug-likeness (QED) is 0.390. The number of halogens is 1. The molecule has 110 valence electrons. The zero-order valence-corrected chi connectivity index (χ0v) is 12.4. The maximum atomic E-state index is 12.1. The zero-order valence-electron chi connectivity index (χ0n) is 11.6. The average Bonchev–Trinajstić information content (AvgIpc) is 2.47. The molecule has 2 rings (SSSR count). The molecule has 0 aliphatic carbocycles. The number of anilines is 1. The first kappa shape index (κ1) is 15.1. The molecule has 5 nitrogen and oxygen atoms in total. The van der Waals surface area contributed by atoms with Gasteiger partial charge in [0, 0.05) is 25.8 Å². The molecular weight excluding hydrogens is 278 g/mol. The zero-order chi connectivity index (χ0) is 14.4. The van der Waals surface area contributed by atoms with E-state index in [4.69, 9.17) is 16.3 Å². The largest absolute Gasteiger partial charge is 0.462 e. The van der Waals surface area contributed by atoms with Gasteiger partial charge in [0.25, 0.3) is 0 Å². The molecule has 1 atom stereocenters. The first-order valence-electron chi connectivity index (χ1n) is 6.97. The molecule has 0 spiro atoms. The van der Waals surface area contributed by atoms with E-state index in [0.29, 0.717) is 24.5 Å². The minimum absolute atomic E-state index is 0.130. The Hall–Kier alpha value is -1.33. The lowest BCUT2D eigenvalue weighted by Gasteiger charge is -2.32. The fourth-order valence-electron chi connectivity index (χ4n) is 2.09. The van der Waals surface area contributed by atoms with Gasteiger partial charge in [0.1, 0.15) is 16.9 Å². The molecule has 1 unspecified atom stereocenters. The van der Waals surface area contributed by atoms with Crippen molar-refractivity contribution in [2.75, 3.05) is 31.1 Å². The third-order valence-electron chi connectivity index (χ3n) is 3.17. The summed E-state index contributed by atoms with van der Waals surface area (Å²) in [5.41, 5.74) is 0.379. The van der Waals surface area contributed by atoms with E-state index >= 15 is 0 Å². The summed E-state index contributed by atoms with van der Waals surface area (Å²) in [4.78, 5) is 18.5. The van der Waals surface area contributed by atoms with Crippen LogP contribution < -0.4 is 10.2 Å². The molecule has 0 amide bonds. The summed E-state index contributed by atoms with van der Waals surface area (Å²) in [6.07, 6.45) is 3.56. The molecule has 6 heteroatoms. The Morgan fingerprint density at radius 3 is 3.25 bits per heavy atom. The van der Waals surface area contributed by atoms with Crippen molar-refractivity contribution in [2.24, 2.45) is 0 Å². The molecule has 0 radical (unpaired) electrons. The Bertz CT molecular complexity index is 456. The number of piperazine rings is 1. The minimum atomic E-state index is -0.314. The van der Waals surface area contributed by atoms with Crippen LogP contribution in [0.2, 0.25) is 0 Å². The summed E-state index contributed by atoms with van der Waals surface area (Å²) in [5, 5.41) is 3.15. The summed E-state index contributed by atoms with van der Waals surface area (Å²) in [6.45, 7) is 4.67. The van der Waals surface area contributed by atoms with E-state index in [2.05, 4.69) is 17.2 Å². The summed E-state index contributed by atoms with van der Waals surface area (Å²) in [5.74, 6) is 0.340. The minimum Gasteiger partial charge on any atom is -0.462 e. The molecule has 1 aliphatic heterocycles. The number of pyridine rings is 1. The predicted molar refractivity (Wildman–Crippen MR) is 79.3 cm³/mol. The summed E-state index contributed by atoms with van der Waals surface area (Å²) < 4.78 is 5.27. The Balaban J connectivity index is 2.11. The molecule has 0 aromatic carbocycles. The van der Waals surface area contributed by atoms with Crippen LogP contribution in [-0.4, -0.2) is 42.7 Å². The van der Waals surface area contributed by atoms with Crippen LogP contribution in [0.5, 0.6) is 0 Å². The maximum absolute atomic E-state index is 12.1. The lowest BCUT2D eigenvalue weighted by atomic mass is 10.2. The van der Waals surface area contributed by atoms with Crippen molar-refractivity contribution >= 4 is 23.4 Å². The number of esters is 1. The van der Waals surface area contributed by atoms with Crippen LogP contribution in [0.3, 0.4) is 0 Å². The van der Waals surface area contributed by atoms with Crippen molar-refractivity contribution in [1.82, 2.24) is 10.3 Å². The topological polar surface area (TPSA) is 54.5 Å². The highest BCUT2D eigenvalue weighted by Gasteiger charge is 2.23. The van der Waals surface area contributed by atoms with Crippen LogP contribution in [0.4, 0.5) is 5.82 Å². The SMILES string of the molecule is CCCCOC(=O)c1cccnc1N1CCNC(Cl)C1. The monoisotopic (exact) mass is 297 g/mol. The number of hydrogen-bond acceptors (Lipinski definition) is 5. The van der Waals surface area contributed by atoms with Crippen LogP contribution in [-0.2, 0) is 4.74 Å². The lowest BCUT2D eigenvalue weighted by Crippen LogP contribution is -2.48. The van der Waals surface area contributed by atoms with Crippen molar-refractivity contribution in [1.29, 1.82) is 0 Å². The van der Waals surface area contributed by atoms with Crippen LogP contribution >= 0.6 is 11.6 Å². The van der Waals surface area contributed by atoms with Crippen LogP contribution in [0.15, 0.2) is 18.3 Å². The van der Waals surface area contributed by atoms with Gasteiger partial charge in [-0.2, -0.15) is 0 Å². The van der Waals surface area contributed by atoms with E-state index in [1.54, 1.807) is 18.3 Å². The first-order valence-corrected chi connectivity index (χ1v) is 7.40. The number of unbranched alkanes of at least 4 members (excludes halogenated alkanes) is 1. The van der Waals surface area contributed by atoms with E-state index in [-0.39, 0.29) is 11.5 Å². The third-order valence-corrected chi connectivity index (χ3v) is 3.46. The predicted octanol–water partition coefficient (Wildman–Crippen LogP) is 2.01. The summed E-state index contributed by atoms with van der Waals surface area (Å²) >= 11 is 6.10. The van der Waals surface area contributed by atoms with Gasteiger partial charge in [0.15, 0.2) is 0 Å². The smallest absolute Gasteiger partial charge is 0.341 e. The van der Waals surface area contributed by atoms with Gasteiger partial charge < -0.3 is 9.64 Å². The average molecular weight is 298 g/mol. The summed E-state index contributed by atoms with van der Waals surface area (Å²) in [7, 11) is 0. The maximum Gasteiger partial charge on any atom is 0.341 e. The molecule has 1 aromatic heterocycles. The van der Waals surface area contributed by atoms with E-state index in [9.17, 15) is 4.79 Å². The second kappa shape index (κ2) is 7.45. The van der Waals surface area contributed by atoms with Gasteiger partial charge in [-0.3, -0.25) is 5.32 Å². The van der Waals surface area contributed by atoms with Gasteiger partial charge in [-0.1, -0.05) is 13.3 Å². The second-order valence-electron chi connectivity index (χ2n) is 4.73. The standard InChI is InChI=1S/C14H20ClN3O2/c1-2-3-9-20-14(19)11-5-4-6-17-13(11)18-8-7-16-12(15)10-18/h4-6,12,16H,2-3,7-10H2,1H3. The Morgan fingerprint density at radius 1 is 1.65 bits per heavy atom. The number of nitrogens with one attached hydrogen (secondary N) is 1. The summed E-state index contributed by atoms with van der Waals surface area (Å²) in [6, 6.07) is 3.50. The van der Waals surface area contributed by atoms with Crippen LogP contribution in [0.1, 0.15) is 30.1 Å². The number of ether oxygens (including phenoxy) is 1. The van der Waals surface area contributed by atoms with Gasteiger partial charge in [0.05, 0.1) is 6.61 Å². The number of aromatic nitrogens is 1. The second-order valence-corrected chi connectivity index (χ2v) is 5.26. The molecule has 1 aliphatic rings. The number of alkyl halides is 1. The lowest BCUT2D eigenvalue weighted by molar-refractivity contribution is 0.0500. The van der Waals surface area contributed by atoms with Crippen molar-refractivity contribution in [3.63, 3.8) is 0 Å². The van der Waals surface area contributed by atoms with Crippen LogP contribution in [0, 0.1) is 0 Å². The van der Waals surface area contributed by atoms with Gasteiger partial charge in [-0.15, -0.1) is 11.6 Å². The molecule has 2 heterocycles. The van der Waals surface area contributed by atoms with E-state index in [0.717, 1.165) is 25.9 Å². The number of carbonyl (C=O) groups excluding carboxylic acids is 1. The highest BCUT2D eigenvalue weighted by molar-refractivity contribution is 6.20. The number of hydrogen-bond donors (Lipinski definition) is 1. The Kier molecular flexibility index (Phi) is 5.61. The number of carbonyl (C=O) groups is 1. The van der Waals surface area contributed by atoms with E-state index in [1.807, 2.05) is 4.90 Å².